The number of fused-ring (bicyclic) bond motifs is 1. The molecule has 2 aromatic rings. The van der Waals surface area contributed by atoms with E-state index in [0.29, 0.717) is 24.6 Å². The van der Waals surface area contributed by atoms with E-state index in [0.717, 1.165) is 26.1 Å². The summed E-state index contributed by atoms with van der Waals surface area (Å²) in [5, 5.41) is 7.12. The monoisotopic (exact) mass is 459 g/mol. The third-order valence-corrected chi connectivity index (χ3v) is 6.19. The number of rotatable bonds is 5. The lowest BCUT2D eigenvalue weighted by Gasteiger charge is -2.39. The number of aromatic nitrogens is 2. The molecule has 1 N–H and O–H groups in total. The SMILES string of the molecule is Cc1ccc(CN2CCOC3C(COc4ncccn4)CCC32)s1.O=C(O)C(F)(F)F. The van der Waals surface area contributed by atoms with Crippen molar-refractivity contribution in [2.45, 2.75) is 44.6 Å². The number of alkyl halides is 3. The molecular formula is C20H24F3N3O4S. The quantitative estimate of drug-likeness (QED) is 0.732. The molecule has 3 atom stereocenters. The van der Waals surface area contributed by atoms with E-state index in [4.69, 9.17) is 19.4 Å². The van der Waals surface area contributed by atoms with Gasteiger partial charge in [0.05, 0.1) is 19.3 Å². The number of nitrogens with zero attached hydrogens (tertiary/aromatic N) is 3. The van der Waals surface area contributed by atoms with E-state index in [2.05, 4.69) is 33.9 Å². The lowest BCUT2D eigenvalue weighted by Crippen LogP contribution is -2.50. The molecule has 0 bridgehead atoms. The molecular weight excluding hydrogens is 435 g/mol. The van der Waals surface area contributed by atoms with E-state index in [1.807, 2.05) is 11.3 Å². The van der Waals surface area contributed by atoms with Crippen LogP contribution in [0.2, 0.25) is 0 Å². The average molecular weight is 459 g/mol. The van der Waals surface area contributed by atoms with Crippen LogP contribution in [0.1, 0.15) is 22.6 Å². The molecule has 1 saturated carbocycles. The van der Waals surface area contributed by atoms with Gasteiger partial charge in [0.15, 0.2) is 0 Å². The standard InChI is InChI=1S/C18H23N3O2S.C2HF3O2/c1-13-3-5-15(24-13)11-21-9-10-22-17-14(4-6-16(17)21)12-23-18-19-7-2-8-20-18;3-2(4,5)1(6)7/h2-3,5,7-8,14,16-17H,4,6,9-12H2,1H3;(H,6,7). The van der Waals surface area contributed by atoms with Gasteiger partial charge in [-0.05, 0) is 38.0 Å². The summed E-state index contributed by atoms with van der Waals surface area (Å²) in [6.07, 6.45) is 0.924. The van der Waals surface area contributed by atoms with Gasteiger partial charge in [0, 0.05) is 47.2 Å². The van der Waals surface area contributed by atoms with Crippen molar-refractivity contribution < 1.29 is 32.5 Å². The maximum Gasteiger partial charge on any atom is 0.490 e. The van der Waals surface area contributed by atoms with Crippen molar-refractivity contribution >= 4 is 17.3 Å². The van der Waals surface area contributed by atoms with E-state index < -0.39 is 12.1 Å². The Bertz CT molecular complexity index is 850. The van der Waals surface area contributed by atoms with Crippen LogP contribution in [-0.4, -0.2) is 64.0 Å². The summed E-state index contributed by atoms with van der Waals surface area (Å²) in [5.41, 5.74) is 0. The van der Waals surface area contributed by atoms with Gasteiger partial charge in [-0.3, -0.25) is 4.90 Å². The Hall–Kier alpha value is -2.24. The number of morpholine rings is 1. The Kier molecular flexibility index (Phi) is 7.84. The topological polar surface area (TPSA) is 84.8 Å². The van der Waals surface area contributed by atoms with Gasteiger partial charge in [0.2, 0.25) is 0 Å². The van der Waals surface area contributed by atoms with Crippen molar-refractivity contribution in [2.24, 2.45) is 5.92 Å². The molecule has 0 amide bonds. The number of hydrogen-bond donors (Lipinski definition) is 1. The number of carboxylic acids is 1. The molecule has 2 aliphatic rings. The maximum atomic E-state index is 10.6. The maximum absolute atomic E-state index is 10.6. The summed E-state index contributed by atoms with van der Waals surface area (Å²) in [7, 11) is 0. The Morgan fingerprint density at radius 1 is 1.32 bits per heavy atom. The van der Waals surface area contributed by atoms with Crippen LogP contribution in [0.15, 0.2) is 30.6 Å². The predicted molar refractivity (Wildman–Crippen MR) is 107 cm³/mol. The van der Waals surface area contributed by atoms with Crippen molar-refractivity contribution in [3.05, 3.63) is 40.3 Å². The van der Waals surface area contributed by atoms with E-state index in [-0.39, 0.29) is 6.10 Å². The van der Waals surface area contributed by atoms with Crippen molar-refractivity contribution in [1.29, 1.82) is 0 Å². The third kappa shape index (κ3) is 6.62. The van der Waals surface area contributed by atoms with Crippen molar-refractivity contribution in [3.63, 3.8) is 0 Å². The fraction of sp³-hybridized carbons (Fsp3) is 0.550. The lowest BCUT2D eigenvalue weighted by molar-refractivity contribution is -0.192. The summed E-state index contributed by atoms with van der Waals surface area (Å²) < 4.78 is 43.6. The van der Waals surface area contributed by atoms with Crippen LogP contribution in [-0.2, 0) is 16.1 Å². The number of hydrogen-bond acceptors (Lipinski definition) is 7. The van der Waals surface area contributed by atoms with Crippen LogP contribution < -0.4 is 4.74 Å². The highest BCUT2D eigenvalue weighted by atomic mass is 32.1. The Morgan fingerprint density at radius 2 is 2.03 bits per heavy atom. The van der Waals surface area contributed by atoms with Crippen LogP contribution in [0.5, 0.6) is 6.01 Å². The van der Waals surface area contributed by atoms with Crippen LogP contribution in [0.4, 0.5) is 13.2 Å². The number of ether oxygens (including phenoxy) is 2. The zero-order valence-corrected chi connectivity index (χ0v) is 17.7. The van der Waals surface area contributed by atoms with Gasteiger partial charge in [0.25, 0.3) is 0 Å². The van der Waals surface area contributed by atoms with Crippen LogP contribution in [0.25, 0.3) is 0 Å². The minimum Gasteiger partial charge on any atom is -0.475 e. The normalized spacial score (nSPS) is 23.5. The second-order valence-corrected chi connectivity index (χ2v) is 8.74. The van der Waals surface area contributed by atoms with Crippen molar-refractivity contribution in [2.75, 3.05) is 19.8 Å². The molecule has 1 aliphatic carbocycles. The highest BCUT2D eigenvalue weighted by molar-refractivity contribution is 7.11. The molecule has 1 aliphatic heterocycles. The molecule has 7 nitrogen and oxygen atoms in total. The van der Waals surface area contributed by atoms with Gasteiger partial charge >= 0.3 is 18.2 Å². The van der Waals surface area contributed by atoms with E-state index in [1.165, 1.54) is 16.2 Å². The molecule has 2 fully saturated rings. The summed E-state index contributed by atoms with van der Waals surface area (Å²) in [6.45, 7) is 5.68. The fourth-order valence-corrected chi connectivity index (χ4v) is 4.74. The molecule has 0 spiro atoms. The minimum atomic E-state index is -5.08. The van der Waals surface area contributed by atoms with Gasteiger partial charge in [0.1, 0.15) is 0 Å². The summed E-state index contributed by atoms with van der Waals surface area (Å²) >= 11 is 1.90. The van der Waals surface area contributed by atoms with Gasteiger partial charge in [-0.15, -0.1) is 11.3 Å². The molecule has 0 aromatic carbocycles. The average Bonchev–Trinajstić information content (AvgIpc) is 3.33. The molecule has 4 rings (SSSR count). The first kappa shape index (κ1) is 23.4. The summed E-state index contributed by atoms with van der Waals surface area (Å²) in [5.74, 6) is -2.33. The Morgan fingerprint density at radius 3 is 2.65 bits per heavy atom. The molecule has 170 valence electrons. The first-order valence-electron chi connectivity index (χ1n) is 9.85. The molecule has 1 saturated heterocycles. The fourth-order valence-electron chi connectivity index (χ4n) is 3.82. The molecule has 11 heteroatoms. The number of carboxylic acid groups (broad SMARTS) is 1. The Labute approximate surface area is 181 Å². The minimum absolute atomic E-state index is 0.267. The summed E-state index contributed by atoms with van der Waals surface area (Å²) in [6, 6.07) is 7.23. The second kappa shape index (κ2) is 10.4. The zero-order chi connectivity index (χ0) is 22.4. The second-order valence-electron chi connectivity index (χ2n) is 7.37. The molecule has 2 aromatic heterocycles. The van der Waals surface area contributed by atoms with E-state index in [1.54, 1.807) is 18.5 Å². The number of aliphatic carboxylic acids is 1. The number of thiophene rings is 1. The molecule has 3 unspecified atom stereocenters. The first-order chi connectivity index (χ1) is 14.7. The summed E-state index contributed by atoms with van der Waals surface area (Å²) in [4.78, 5) is 22.6. The van der Waals surface area contributed by atoms with E-state index >= 15 is 0 Å². The smallest absolute Gasteiger partial charge is 0.475 e. The zero-order valence-electron chi connectivity index (χ0n) is 16.9. The van der Waals surface area contributed by atoms with E-state index in [9.17, 15) is 13.2 Å². The van der Waals surface area contributed by atoms with Crippen molar-refractivity contribution in [1.82, 2.24) is 14.9 Å². The number of carbonyl (C=O) groups is 1. The predicted octanol–water partition coefficient (Wildman–Crippen LogP) is 3.54. The van der Waals surface area contributed by atoms with Gasteiger partial charge in [-0.25, -0.2) is 14.8 Å². The van der Waals surface area contributed by atoms with Gasteiger partial charge in [-0.1, -0.05) is 0 Å². The molecule has 3 heterocycles. The first-order valence-corrected chi connectivity index (χ1v) is 10.7. The third-order valence-electron chi connectivity index (χ3n) is 5.20. The largest absolute Gasteiger partial charge is 0.490 e. The van der Waals surface area contributed by atoms with Gasteiger partial charge in [-0.2, -0.15) is 13.2 Å². The van der Waals surface area contributed by atoms with Gasteiger partial charge < -0.3 is 14.6 Å². The van der Waals surface area contributed by atoms with Crippen LogP contribution in [0, 0.1) is 12.8 Å². The van der Waals surface area contributed by atoms with Crippen molar-refractivity contribution in [3.8, 4) is 6.01 Å². The molecule has 31 heavy (non-hydrogen) atoms. The van der Waals surface area contributed by atoms with Crippen LogP contribution in [0.3, 0.4) is 0 Å². The number of halogens is 3. The lowest BCUT2D eigenvalue weighted by atomic mass is 10.0. The van der Waals surface area contributed by atoms with Crippen LogP contribution >= 0.6 is 11.3 Å². The number of aryl methyl sites for hydroxylation is 1. The highest BCUT2D eigenvalue weighted by Crippen LogP contribution is 2.36. The highest BCUT2D eigenvalue weighted by Gasteiger charge is 2.43. The Balaban J connectivity index is 0.000000339. The molecule has 0 radical (unpaired) electrons.